The van der Waals surface area contributed by atoms with Gasteiger partial charge in [-0.2, -0.15) is 0 Å². The Hall–Kier alpha value is -1.54. The maximum absolute atomic E-state index is 11.2. The Morgan fingerprint density at radius 2 is 1.81 bits per heavy atom. The summed E-state index contributed by atoms with van der Waals surface area (Å²) in [6.07, 6.45) is 1.12. The number of hydrogen-bond acceptors (Lipinski definition) is 5. The number of rotatable bonds is 5. The molecule has 114 valence electrons. The summed E-state index contributed by atoms with van der Waals surface area (Å²) in [5.74, 6) is 0.754. The van der Waals surface area contributed by atoms with E-state index in [2.05, 4.69) is 28.8 Å². The molecule has 1 heterocycles. The van der Waals surface area contributed by atoms with Gasteiger partial charge in [-0.25, -0.2) is 8.42 Å². The minimum absolute atomic E-state index is 0.432. The Morgan fingerprint density at radius 3 is 2.33 bits per heavy atom. The molecule has 1 N–H and O–H groups in total. The van der Waals surface area contributed by atoms with E-state index >= 15 is 0 Å². The van der Waals surface area contributed by atoms with Crippen LogP contribution < -0.4 is 4.72 Å². The van der Waals surface area contributed by atoms with Crippen LogP contribution in [0.25, 0.3) is 11.4 Å². The number of nitrogens with zero attached hydrogens (tertiary/aromatic N) is 3. The maximum atomic E-state index is 11.2. The summed E-state index contributed by atoms with van der Waals surface area (Å²) in [7, 11) is -1.34. The largest absolute Gasteiger partial charge is 0.305 e. The zero-order valence-corrected chi connectivity index (χ0v) is 14.0. The van der Waals surface area contributed by atoms with E-state index in [1.807, 2.05) is 23.7 Å². The number of hydrogen-bond donors (Lipinski definition) is 1. The summed E-state index contributed by atoms with van der Waals surface area (Å²) in [6, 6.07) is 7.06. The predicted molar refractivity (Wildman–Crippen MR) is 85.9 cm³/mol. The summed E-state index contributed by atoms with van der Waals surface area (Å²) >= 11 is 1.65. The molecule has 6 nitrogen and oxygen atoms in total. The standard InChI is InChI=1S/C13H18N4O2S2/c1-9(2)20-13-15-14-12(17(13)3)10-5-7-11(8-6-10)16-21(4,18)19/h5-9,16H,1-4H3. The molecule has 0 saturated heterocycles. The second-order valence-corrected chi connectivity index (χ2v) is 8.28. The van der Waals surface area contributed by atoms with Crippen LogP contribution in [0, 0.1) is 0 Å². The molecular weight excluding hydrogens is 308 g/mol. The van der Waals surface area contributed by atoms with E-state index in [9.17, 15) is 8.42 Å². The molecule has 2 aromatic rings. The van der Waals surface area contributed by atoms with E-state index < -0.39 is 10.0 Å². The van der Waals surface area contributed by atoms with Crippen LogP contribution >= 0.6 is 11.8 Å². The van der Waals surface area contributed by atoms with Crippen LogP contribution in [0.15, 0.2) is 29.4 Å². The van der Waals surface area contributed by atoms with Gasteiger partial charge in [0.15, 0.2) is 11.0 Å². The second kappa shape index (κ2) is 6.07. The Bertz CT molecular complexity index is 721. The number of benzene rings is 1. The van der Waals surface area contributed by atoms with Crippen molar-refractivity contribution in [3.63, 3.8) is 0 Å². The third kappa shape index (κ3) is 4.21. The molecule has 2 rings (SSSR count). The first-order chi connectivity index (χ1) is 9.76. The van der Waals surface area contributed by atoms with E-state index in [1.165, 1.54) is 0 Å². The number of aromatic nitrogens is 3. The van der Waals surface area contributed by atoms with Crippen molar-refractivity contribution < 1.29 is 8.42 Å². The average Bonchev–Trinajstić information content (AvgIpc) is 2.70. The lowest BCUT2D eigenvalue weighted by Gasteiger charge is -2.07. The van der Waals surface area contributed by atoms with E-state index in [-0.39, 0.29) is 0 Å². The number of anilines is 1. The van der Waals surface area contributed by atoms with Gasteiger partial charge in [-0.15, -0.1) is 10.2 Å². The Balaban J connectivity index is 2.25. The van der Waals surface area contributed by atoms with Crippen molar-refractivity contribution >= 4 is 27.5 Å². The van der Waals surface area contributed by atoms with Gasteiger partial charge in [0.05, 0.1) is 6.26 Å². The number of nitrogens with one attached hydrogen (secondary N) is 1. The fraction of sp³-hybridized carbons (Fsp3) is 0.385. The lowest BCUT2D eigenvalue weighted by atomic mass is 10.2. The van der Waals surface area contributed by atoms with Crippen LogP contribution in [0.5, 0.6) is 0 Å². The third-order valence-corrected chi connectivity index (χ3v) is 4.27. The van der Waals surface area contributed by atoms with Gasteiger partial charge in [-0.05, 0) is 24.3 Å². The minimum atomic E-state index is -3.26. The molecule has 21 heavy (non-hydrogen) atoms. The monoisotopic (exact) mass is 326 g/mol. The highest BCUT2D eigenvalue weighted by Gasteiger charge is 2.12. The molecule has 8 heteroatoms. The van der Waals surface area contributed by atoms with Crippen molar-refractivity contribution in [3.05, 3.63) is 24.3 Å². The molecule has 0 bridgehead atoms. The van der Waals surface area contributed by atoms with Crippen molar-refractivity contribution in [1.82, 2.24) is 14.8 Å². The lowest BCUT2D eigenvalue weighted by Crippen LogP contribution is -2.09. The van der Waals surface area contributed by atoms with E-state index in [0.29, 0.717) is 10.9 Å². The van der Waals surface area contributed by atoms with E-state index in [0.717, 1.165) is 22.8 Å². The van der Waals surface area contributed by atoms with Gasteiger partial charge in [0, 0.05) is 23.5 Å². The summed E-state index contributed by atoms with van der Waals surface area (Å²) < 4.78 is 26.7. The topological polar surface area (TPSA) is 76.9 Å². The van der Waals surface area contributed by atoms with Crippen molar-refractivity contribution in [2.24, 2.45) is 7.05 Å². The molecule has 0 radical (unpaired) electrons. The maximum Gasteiger partial charge on any atom is 0.229 e. The van der Waals surface area contributed by atoms with Crippen LogP contribution in [-0.4, -0.2) is 34.7 Å². The van der Waals surface area contributed by atoms with Crippen molar-refractivity contribution in [2.75, 3.05) is 11.0 Å². The highest BCUT2D eigenvalue weighted by atomic mass is 32.2. The van der Waals surface area contributed by atoms with Gasteiger partial charge < -0.3 is 4.57 Å². The lowest BCUT2D eigenvalue weighted by molar-refractivity contribution is 0.607. The van der Waals surface area contributed by atoms with Crippen molar-refractivity contribution in [3.8, 4) is 11.4 Å². The quantitative estimate of drug-likeness (QED) is 0.854. The molecule has 0 aliphatic rings. The summed E-state index contributed by atoms with van der Waals surface area (Å²) in [5.41, 5.74) is 1.42. The minimum Gasteiger partial charge on any atom is -0.305 e. The normalized spacial score (nSPS) is 11.9. The fourth-order valence-corrected chi connectivity index (χ4v) is 3.10. The van der Waals surface area contributed by atoms with Crippen molar-refractivity contribution in [2.45, 2.75) is 24.3 Å². The fourth-order valence-electron chi connectivity index (χ4n) is 1.78. The molecule has 0 spiro atoms. The van der Waals surface area contributed by atoms with Gasteiger partial charge in [-0.3, -0.25) is 4.72 Å². The first-order valence-electron chi connectivity index (χ1n) is 6.40. The highest BCUT2D eigenvalue weighted by molar-refractivity contribution is 7.99. The Labute approximate surface area is 129 Å². The first kappa shape index (κ1) is 15.8. The van der Waals surface area contributed by atoms with E-state index in [1.54, 1.807) is 23.9 Å². The molecule has 0 saturated carbocycles. The van der Waals surface area contributed by atoms with Gasteiger partial charge in [-0.1, -0.05) is 25.6 Å². The number of thioether (sulfide) groups is 1. The van der Waals surface area contributed by atoms with Crippen LogP contribution in [-0.2, 0) is 17.1 Å². The SMILES string of the molecule is CC(C)Sc1nnc(-c2ccc(NS(C)(=O)=O)cc2)n1C. The van der Waals surface area contributed by atoms with Crippen LogP contribution in [0.3, 0.4) is 0 Å². The Kier molecular flexibility index (Phi) is 4.58. The zero-order chi connectivity index (χ0) is 15.6. The molecule has 0 aliphatic carbocycles. The average molecular weight is 326 g/mol. The zero-order valence-electron chi connectivity index (χ0n) is 12.4. The molecule has 1 aromatic carbocycles. The second-order valence-electron chi connectivity index (χ2n) is 4.98. The van der Waals surface area contributed by atoms with Crippen LogP contribution in [0.2, 0.25) is 0 Å². The van der Waals surface area contributed by atoms with Gasteiger partial charge in [0.25, 0.3) is 0 Å². The summed E-state index contributed by atoms with van der Waals surface area (Å²) in [5, 5.41) is 9.67. The van der Waals surface area contributed by atoms with Gasteiger partial charge in [0.2, 0.25) is 10.0 Å². The summed E-state index contributed by atoms with van der Waals surface area (Å²) in [4.78, 5) is 0. The third-order valence-electron chi connectivity index (χ3n) is 2.62. The predicted octanol–water partition coefficient (Wildman–Crippen LogP) is 2.35. The van der Waals surface area contributed by atoms with E-state index in [4.69, 9.17) is 0 Å². The molecule has 0 fully saturated rings. The Morgan fingerprint density at radius 1 is 1.19 bits per heavy atom. The molecule has 0 atom stereocenters. The molecule has 0 unspecified atom stereocenters. The van der Waals surface area contributed by atoms with Crippen molar-refractivity contribution in [1.29, 1.82) is 0 Å². The van der Waals surface area contributed by atoms with Crippen LogP contribution in [0.4, 0.5) is 5.69 Å². The number of sulfonamides is 1. The molecule has 0 amide bonds. The molecule has 0 aliphatic heterocycles. The van der Waals surface area contributed by atoms with Crippen LogP contribution in [0.1, 0.15) is 13.8 Å². The van der Waals surface area contributed by atoms with Gasteiger partial charge >= 0.3 is 0 Å². The molecule has 1 aromatic heterocycles. The smallest absolute Gasteiger partial charge is 0.229 e. The summed E-state index contributed by atoms with van der Waals surface area (Å²) in [6.45, 7) is 4.20. The highest BCUT2D eigenvalue weighted by Crippen LogP contribution is 2.26. The first-order valence-corrected chi connectivity index (χ1v) is 9.17. The molecular formula is C13H18N4O2S2. The van der Waals surface area contributed by atoms with Gasteiger partial charge in [0.1, 0.15) is 0 Å².